The summed E-state index contributed by atoms with van der Waals surface area (Å²) < 4.78 is 0. The highest BCUT2D eigenvalue weighted by atomic mass is 35.5. The summed E-state index contributed by atoms with van der Waals surface area (Å²) >= 11 is 5.78. The second-order valence-electron chi connectivity index (χ2n) is 6.21. The molecule has 0 aliphatic carbocycles. The van der Waals surface area contributed by atoms with E-state index in [1.165, 1.54) is 19.3 Å². The van der Waals surface area contributed by atoms with E-state index in [4.69, 9.17) is 11.6 Å². The third-order valence-electron chi connectivity index (χ3n) is 4.75. The fourth-order valence-electron chi connectivity index (χ4n) is 4.06. The Hall–Kier alpha value is -0.645. The number of aromatic nitrogens is 2. The Labute approximate surface area is 125 Å². The zero-order valence-corrected chi connectivity index (χ0v) is 12.6. The first-order chi connectivity index (χ1) is 9.63. The zero-order chi connectivity index (χ0) is 14.1. The Morgan fingerprint density at radius 3 is 2.55 bits per heavy atom. The first kappa shape index (κ1) is 14.3. The number of hydrogen-bond donors (Lipinski definition) is 1. The van der Waals surface area contributed by atoms with Gasteiger partial charge in [0.15, 0.2) is 5.15 Å². The first-order valence-corrected chi connectivity index (χ1v) is 7.95. The summed E-state index contributed by atoms with van der Waals surface area (Å²) in [6, 6.07) is 4.86. The lowest BCUT2D eigenvalue weighted by Crippen LogP contribution is -2.57. The second kappa shape index (κ2) is 6.00. The van der Waals surface area contributed by atoms with Gasteiger partial charge >= 0.3 is 7.05 Å². The van der Waals surface area contributed by atoms with E-state index in [1.54, 1.807) is 0 Å². The van der Waals surface area contributed by atoms with Crippen LogP contribution in [0.15, 0.2) is 12.1 Å². The third kappa shape index (κ3) is 3.00. The van der Waals surface area contributed by atoms with E-state index >= 15 is 0 Å². The van der Waals surface area contributed by atoms with Crippen molar-refractivity contribution in [3.05, 3.63) is 23.0 Å². The van der Waals surface area contributed by atoms with Crippen LogP contribution in [0.1, 0.15) is 37.8 Å². The van der Waals surface area contributed by atoms with Crippen LogP contribution in [-0.4, -0.2) is 39.2 Å². The maximum atomic E-state index is 9.98. The van der Waals surface area contributed by atoms with Crippen LogP contribution < -0.4 is 0 Å². The van der Waals surface area contributed by atoms with Crippen LogP contribution in [-0.2, 0) is 6.42 Å². The first-order valence-electron chi connectivity index (χ1n) is 7.57. The second-order valence-corrected chi connectivity index (χ2v) is 6.59. The number of halogens is 1. The Bertz CT molecular complexity index is 442. The topological polar surface area (TPSA) is 49.2 Å². The molecule has 3 heterocycles. The van der Waals surface area contributed by atoms with Crippen LogP contribution in [0.2, 0.25) is 12.0 Å². The molecule has 0 spiro atoms. The van der Waals surface area contributed by atoms with Gasteiger partial charge in [-0.1, -0.05) is 18.0 Å². The highest BCUT2D eigenvalue weighted by Crippen LogP contribution is 2.38. The van der Waals surface area contributed by atoms with Crippen molar-refractivity contribution in [2.45, 2.75) is 57.4 Å². The highest BCUT2D eigenvalue weighted by Gasteiger charge is 2.41. The lowest BCUT2D eigenvalue weighted by atomic mass is 9.68. The summed E-state index contributed by atoms with van der Waals surface area (Å²) in [6.07, 6.45) is 7.02. The maximum absolute atomic E-state index is 9.98. The number of piperidine rings is 2. The van der Waals surface area contributed by atoms with Gasteiger partial charge in [0.2, 0.25) is 0 Å². The third-order valence-corrected chi connectivity index (χ3v) is 4.95. The predicted octanol–water partition coefficient (Wildman–Crippen LogP) is 2.42. The van der Waals surface area contributed by atoms with Gasteiger partial charge < -0.3 is 9.83 Å². The molecule has 0 saturated carbocycles. The molecule has 0 aromatic carbocycles. The summed E-state index contributed by atoms with van der Waals surface area (Å²) in [5.74, 6) is 0.649. The number of hydrogen-bond acceptors (Lipinski definition) is 4. The van der Waals surface area contributed by atoms with Crippen molar-refractivity contribution in [3.8, 4) is 0 Å². The molecule has 6 heteroatoms. The van der Waals surface area contributed by atoms with E-state index in [0.717, 1.165) is 25.0 Å². The van der Waals surface area contributed by atoms with Crippen LogP contribution in [0.4, 0.5) is 0 Å². The van der Waals surface area contributed by atoms with Crippen LogP contribution in [0.5, 0.6) is 0 Å². The average molecular weight is 294 g/mol. The van der Waals surface area contributed by atoms with E-state index in [-0.39, 0.29) is 7.05 Å². The summed E-state index contributed by atoms with van der Waals surface area (Å²) in [6.45, 7) is 1.90. The van der Waals surface area contributed by atoms with Gasteiger partial charge in [0.1, 0.15) is 0 Å². The molecule has 1 unspecified atom stereocenters. The summed E-state index contributed by atoms with van der Waals surface area (Å²) in [5, 5.41) is 18.5. The molecule has 2 saturated heterocycles. The Morgan fingerprint density at radius 2 is 2.00 bits per heavy atom. The largest absolute Gasteiger partial charge is 0.437 e. The Kier molecular flexibility index (Phi) is 4.29. The molecule has 3 atom stereocenters. The summed E-state index contributed by atoms with van der Waals surface area (Å²) in [4.78, 5) is 2.33. The van der Waals surface area contributed by atoms with Crippen molar-refractivity contribution in [1.29, 1.82) is 0 Å². The minimum atomic E-state index is -0.318. The molecular formula is C14H21BClN3O. The molecule has 1 aromatic heterocycles. The predicted molar refractivity (Wildman–Crippen MR) is 80.6 cm³/mol. The van der Waals surface area contributed by atoms with Crippen LogP contribution in [0.25, 0.3) is 0 Å². The van der Waals surface area contributed by atoms with E-state index in [1.807, 2.05) is 19.0 Å². The summed E-state index contributed by atoms with van der Waals surface area (Å²) in [5.41, 5.74) is 1.03. The van der Waals surface area contributed by atoms with E-state index < -0.39 is 0 Å². The lowest BCUT2D eigenvalue weighted by molar-refractivity contribution is 0.0691. The Morgan fingerprint density at radius 1 is 1.30 bits per heavy atom. The molecule has 2 aliphatic heterocycles. The van der Waals surface area contributed by atoms with Gasteiger partial charge in [-0.05, 0) is 57.0 Å². The lowest BCUT2D eigenvalue weighted by Gasteiger charge is -2.49. The van der Waals surface area contributed by atoms with E-state index in [2.05, 4.69) is 15.0 Å². The zero-order valence-electron chi connectivity index (χ0n) is 11.9. The molecule has 2 fully saturated rings. The maximum Gasteiger partial charge on any atom is 0.376 e. The van der Waals surface area contributed by atoms with Crippen molar-refractivity contribution in [1.82, 2.24) is 15.0 Å². The molecule has 1 aromatic rings. The summed E-state index contributed by atoms with van der Waals surface area (Å²) in [7, 11) is -0.318. The van der Waals surface area contributed by atoms with Gasteiger partial charge in [0.25, 0.3) is 0 Å². The normalized spacial score (nSPS) is 30.2. The van der Waals surface area contributed by atoms with Crippen molar-refractivity contribution in [2.75, 3.05) is 0 Å². The quantitative estimate of drug-likeness (QED) is 0.870. The van der Waals surface area contributed by atoms with E-state index in [9.17, 15) is 5.02 Å². The van der Waals surface area contributed by atoms with Crippen LogP contribution in [0.3, 0.4) is 0 Å². The number of rotatable bonds is 3. The van der Waals surface area contributed by atoms with Crippen molar-refractivity contribution in [3.63, 3.8) is 0 Å². The number of nitrogens with zero attached hydrogens (tertiary/aromatic N) is 3. The molecule has 20 heavy (non-hydrogen) atoms. The molecular weight excluding hydrogens is 272 g/mol. The fraction of sp³-hybridized carbons (Fsp3) is 0.714. The molecule has 0 amide bonds. The van der Waals surface area contributed by atoms with Crippen LogP contribution in [0, 0.1) is 5.92 Å². The minimum Gasteiger partial charge on any atom is -0.437 e. The van der Waals surface area contributed by atoms with Gasteiger partial charge in [-0.2, -0.15) is 5.10 Å². The molecule has 4 nitrogen and oxygen atoms in total. The van der Waals surface area contributed by atoms with Gasteiger partial charge in [0, 0.05) is 12.1 Å². The van der Waals surface area contributed by atoms with Crippen molar-refractivity contribution >= 4 is 18.7 Å². The van der Waals surface area contributed by atoms with Crippen molar-refractivity contribution < 1.29 is 5.02 Å². The molecule has 2 aliphatic rings. The SMILES string of the molecule is CB(O)N1[C@@H]2CCC[C@H]1CC(Cc1ccc(Cl)nn1)C2. The highest BCUT2D eigenvalue weighted by molar-refractivity contribution is 6.45. The molecule has 2 bridgehead atoms. The van der Waals surface area contributed by atoms with Crippen molar-refractivity contribution in [2.24, 2.45) is 5.92 Å². The van der Waals surface area contributed by atoms with Gasteiger partial charge in [-0.25, -0.2) is 0 Å². The smallest absolute Gasteiger partial charge is 0.376 e. The minimum absolute atomic E-state index is 0.318. The van der Waals surface area contributed by atoms with Crippen LogP contribution >= 0.6 is 11.6 Å². The Balaban J connectivity index is 1.67. The standard InChI is InChI=1S/C14H21BClN3O/c1-15(20)19-12-3-2-4-13(19)9-10(8-12)7-11-5-6-14(16)18-17-11/h5-6,10,12-13,20H,2-4,7-9H2,1H3/t10?,12-,13+. The fourth-order valence-corrected chi connectivity index (χ4v) is 4.16. The van der Waals surface area contributed by atoms with Gasteiger partial charge in [0.05, 0.1) is 5.69 Å². The monoisotopic (exact) mass is 293 g/mol. The van der Waals surface area contributed by atoms with E-state index in [0.29, 0.717) is 23.2 Å². The molecule has 108 valence electrons. The molecule has 1 N–H and O–H groups in total. The van der Waals surface area contributed by atoms with Gasteiger partial charge in [-0.3, -0.25) is 0 Å². The molecule has 0 radical (unpaired) electrons. The van der Waals surface area contributed by atoms with Gasteiger partial charge in [-0.15, -0.1) is 5.10 Å². The average Bonchev–Trinajstić information content (AvgIpc) is 2.40. The molecule has 3 rings (SSSR count). The number of fused-ring (bicyclic) bond motifs is 2.